The minimum absolute atomic E-state index is 0.0334. The molecule has 7 nitrogen and oxygen atoms in total. The molecular weight excluding hydrogens is 674 g/mol. The number of carbonyl (C=O) groups is 2. The van der Waals surface area contributed by atoms with E-state index in [1.54, 1.807) is 43.3 Å². The molecule has 236 valence electrons. The van der Waals surface area contributed by atoms with Gasteiger partial charge in [0.05, 0.1) is 10.6 Å². The number of rotatable bonds is 13. The molecule has 2 atom stereocenters. The zero-order chi connectivity index (χ0) is 32.6. The molecule has 4 aromatic rings. The van der Waals surface area contributed by atoms with Crippen molar-refractivity contribution >= 4 is 55.1 Å². The third-order valence-electron chi connectivity index (χ3n) is 7.56. The molecule has 0 aliphatic heterocycles. The highest BCUT2D eigenvalue weighted by molar-refractivity contribution is 9.10. The predicted octanol–water partition coefficient (Wildman–Crippen LogP) is 7.16. The summed E-state index contributed by atoms with van der Waals surface area (Å²) in [7, 11) is -4.21. The number of sulfonamides is 1. The summed E-state index contributed by atoms with van der Waals surface area (Å²) in [4.78, 5) is 30.0. The highest BCUT2D eigenvalue weighted by Gasteiger charge is 2.35. The largest absolute Gasteiger partial charge is 0.352 e. The van der Waals surface area contributed by atoms with Crippen molar-refractivity contribution in [2.24, 2.45) is 0 Å². The van der Waals surface area contributed by atoms with Gasteiger partial charge in [-0.05, 0) is 73.4 Å². The molecule has 1 N–H and O–H groups in total. The summed E-state index contributed by atoms with van der Waals surface area (Å²) < 4.78 is 30.2. The lowest BCUT2D eigenvalue weighted by molar-refractivity contribution is -0.140. The van der Waals surface area contributed by atoms with Crippen molar-refractivity contribution in [1.29, 1.82) is 0 Å². The Hall–Kier alpha value is -3.66. The summed E-state index contributed by atoms with van der Waals surface area (Å²) in [5.41, 5.74) is 2.56. The van der Waals surface area contributed by atoms with Crippen LogP contribution in [0.3, 0.4) is 0 Å². The molecule has 2 amide bonds. The number of halogens is 2. The van der Waals surface area contributed by atoms with Gasteiger partial charge in [-0.1, -0.05) is 101 Å². The van der Waals surface area contributed by atoms with Gasteiger partial charge in [0.1, 0.15) is 12.6 Å². The van der Waals surface area contributed by atoms with Crippen LogP contribution in [0.2, 0.25) is 5.02 Å². The van der Waals surface area contributed by atoms with Gasteiger partial charge in [0.25, 0.3) is 10.0 Å². The van der Waals surface area contributed by atoms with Gasteiger partial charge in [0.15, 0.2) is 0 Å². The topological polar surface area (TPSA) is 86.8 Å². The monoisotopic (exact) mass is 709 g/mol. The lowest BCUT2D eigenvalue weighted by Crippen LogP contribution is -2.54. The Labute approximate surface area is 279 Å². The van der Waals surface area contributed by atoms with E-state index in [4.69, 9.17) is 11.6 Å². The third-order valence-corrected chi connectivity index (χ3v) is 10.1. The lowest BCUT2D eigenvalue weighted by atomic mass is 10.0. The van der Waals surface area contributed by atoms with Crippen molar-refractivity contribution < 1.29 is 18.0 Å². The molecule has 10 heteroatoms. The van der Waals surface area contributed by atoms with Crippen LogP contribution in [-0.2, 0) is 32.6 Å². The second-order valence-electron chi connectivity index (χ2n) is 10.9. The summed E-state index contributed by atoms with van der Waals surface area (Å²) in [5, 5.41) is 3.38. The van der Waals surface area contributed by atoms with Crippen LogP contribution in [0.25, 0.3) is 0 Å². The first kappa shape index (κ1) is 34.2. The van der Waals surface area contributed by atoms with Crippen molar-refractivity contribution in [2.75, 3.05) is 10.8 Å². The molecule has 0 spiro atoms. The van der Waals surface area contributed by atoms with Crippen LogP contribution in [0, 0.1) is 6.92 Å². The number of aryl methyl sites for hydroxylation is 1. The number of carbonyl (C=O) groups excluding carboxylic acids is 2. The van der Waals surface area contributed by atoms with Crippen molar-refractivity contribution in [2.45, 2.75) is 57.1 Å². The zero-order valence-electron chi connectivity index (χ0n) is 25.5. The zero-order valence-corrected chi connectivity index (χ0v) is 28.6. The second kappa shape index (κ2) is 15.6. The van der Waals surface area contributed by atoms with Gasteiger partial charge in [0.2, 0.25) is 11.8 Å². The van der Waals surface area contributed by atoms with E-state index in [1.165, 1.54) is 17.0 Å². The van der Waals surface area contributed by atoms with Crippen LogP contribution in [0.15, 0.2) is 112 Å². The number of nitrogens with one attached hydrogen (secondary N) is 1. The van der Waals surface area contributed by atoms with Gasteiger partial charge >= 0.3 is 0 Å². The fourth-order valence-electron chi connectivity index (χ4n) is 4.91. The first-order chi connectivity index (χ1) is 21.5. The number of benzene rings is 4. The number of hydrogen-bond donors (Lipinski definition) is 1. The average Bonchev–Trinajstić information content (AvgIpc) is 3.03. The van der Waals surface area contributed by atoms with E-state index in [0.717, 1.165) is 19.9 Å². The summed E-state index contributed by atoms with van der Waals surface area (Å²) in [6.45, 7) is 5.18. The number of hydrogen-bond acceptors (Lipinski definition) is 4. The quantitative estimate of drug-likeness (QED) is 0.160. The van der Waals surface area contributed by atoms with Crippen molar-refractivity contribution in [1.82, 2.24) is 10.2 Å². The normalized spacial score (nSPS) is 12.6. The van der Waals surface area contributed by atoms with Crippen molar-refractivity contribution in [3.8, 4) is 0 Å². The average molecular weight is 711 g/mol. The van der Waals surface area contributed by atoms with Gasteiger partial charge in [-0.2, -0.15) is 0 Å². The van der Waals surface area contributed by atoms with E-state index in [0.29, 0.717) is 17.0 Å². The standard InChI is InChI=1S/C35H37BrClN3O4S/c1-4-26(3)38-35(42)33(21-27-12-7-5-8-13-27)39(23-28-14-11-15-29(36)20-28)34(41)24-40(32-22-30(37)19-18-25(32)2)45(43,44)31-16-9-6-10-17-31/h5-20,22,26,33H,4,21,23-24H2,1-3H3,(H,38,42)/t26-,33-/m0/s1. The van der Waals surface area contributed by atoms with Gasteiger partial charge in [-0.25, -0.2) is 8.42 Å². The number of nitrogens with zero attached hydrogens (tertiary/aromatic N) is 2. The first-order valence-electron chi connectivity index (χ1n) is 14.7. The van der Waals surface area contributed by atoms with Crippen LogP contribution in [-0.4, -0.2) is 43.8 Å². The van der Waals surface area contributed by atoms with Gasteiger partial charge in [0, 0.05) is 28.5 Å². The van der Waals surface area contributed by atoms with E-state index in [1.807, 2.05) is 68.4 Å². The highest BCUT2D eigenvalue weighted by atomic mass is 79.9. The summed E-state index contributed by atoms with van der Waals surface area (Å²) in [6, 6.07) is 28.8. The molecule has 4 rings (SSSR count). The van der Waals surface area contributed by atoms with Gasteiger partial charge in [-0.15, -0.1) is 0 Å². The van der Waals surface area contributed by atoms with E-state index >= 15 is 0 Å². The molecule has 0 saturated carbocycles. The smallest absolute Gasteiger partial charge is 0.264 e. The molecule has 0 fully saturated rings. The lowest BCUT2D eigenvalue weighted by Gasteiger charge is -2.34. The number of amides is 2. The maximum Gasteiger partial charge on any atom is 0.264 e. The molecule has 0 bridgehead atoms. The molecular formula is C35H37BrClN3O4S. The Kier molecular flexibility index (Phi) is 11.8. The number of anilines is 1. The van der Waals surface area contributed by atoms with Crippen LogP contribution in [0.1, 0.15) is 37.0 Å². The fraction of sp³-hybridized carbons (Fsp3) is 0.257. The first-order valence-corrected chi connectivity index (χ1v) is 17.3. The molecule has 0 radical (unpaired) electrons. The van der Waals surface area contributed by atoms with E-state index in [-0.39, 0.29) is 35.5 Å². The molecule has 45 heavy (non-hydrogen) atoms. The van der Waals surface area contributed by atoms with E-state index in [2.05, 4.69) is 21.2 Å². The Morgan fingerprint density at radius 3 is 2.18 bits per heavy atom. The molecule has 0 aliphatic carbocycles. The SMILES string of the molecule is CC[C@H](C)NC(=O)[C@H](Cc1ccccc1)N(Cc1cccc(Br)c1)C(=O)CN(c1cc(Cl)ccc1C)S(=O)(=O)c1ccccc1. The van der Waals surface area contributed by atoms with Gasteiger partial charge < -0.3 is 10.2 Å². The molecule has 0 aromatic heterocycles. The molecule has 0 heterocycles. The minimum atomic E-state index is -4.21. The highest BCUT2D eigenvalue weighted by Crippen LogP contribution is 2.30. The van der Waals surface area contributed by atoms with Gasteiger partial charge in [-0.3, -0.25) is 13.9 Å². The Bertz CT molecular complexity index is 1720. The minimum Gasteiger partial charge on any atom is -0.352 e. The fourth-order valence-corrected chi connectivity index (χ4v) is 7.02. The van der Waals surface area contributed by atoms with Crippen LogP contribution < -0.4 is 9.62 Å². The summed E-state index contributed by atoms with van der Waals surface area (Å²) >= 11 is 9.85. The maximum atomic E-state index is 14.6. The predicted molar refractivity (Wildman–Crippen MR) is 184 cm³/mol. The maximum absolute atomic E-state index is 14.6. The van der Waals surface area contributed by atoms with Crippen LogP contribution >= 0.6 is 27.5 Å². The summed E-state index contributed by atoms with van der Waals surface area (Å²) in [5.74, 6) is -0.845. The molecule has 0 aliphatic rings. The van der Waals surface area contributed by atoms with E-state index < -0.39 is 28.5 Å². The Morgan fingerprint density at radius 2 is 1.53 bits per heavy atom. The molecule has 4 aromatic carbocycles. The van der Waals surface area contributed by atoms with Crippen LogP contribution in [0.4, 0.5) is 5.69 Å². The van der Waals surface area contributed by atoms with E-state index in [9.17, 15) is 18.0 Å². The summed E-state index contributed by atoms with van der Waals surface area (Å²) in [6.07, 6.45) is 0.949. The second-order valence-corrected chi connectivity index (χ2v) is 14.1. The Balaban J connectivity index is 1.83. The molecule has 0 unspecified atom stereocenters. The third kappa shape index (κ3) is 8.96. The molecule has 0 saturated heterocycles. The van der Waals surface area contributed by atoms with Crippen LogP contribution in [0.5, 0.6) is 0 Å². The van der Waals surface area contributed by atoms with Crippen molar-refractivity contribution in [3.63, 3.8) is 0 Å². The Morgan fingerprint density at radius 1 is 0.889 bits per heavy atom. The van der Waals surface area contributed by atoms with Crippen molar-refractivity contribution in [3.05, 3.63) is 129 Å².